The Bertz CT molecular complexity index is 286. The summed E-state index contributed by atoms with van der Waals surface area (Å²) in [5.74, 6) is -0.160. The molecule has 1 rings (SSSR count). The van der Waals surface area contributed by atoms with Crippen LogP contribution in [0.1, 0.15) is 26.3 Å². The highest BCUT2D eigenvalue weighted by atomic mass is 127. The van der Waals surface area contributed by atoms with Gasteiger partial charge >= 0.3 is 0 Å². The maximum atomic E-state index is 12.7. The van der Waals surface area contributed by atoms with Crippen LogP contribution in [0.2, 0.25) is 0 Å². The van der Waals surface area contributed by atoms with Gasteiger partial charge < -0.3 is 0 Å². The largest absolute Gasteiger partial charge is 0.207 e. The van der Waals surface area contributed by atoms with Crippen LogP contribution in [0.15, 0.2) is 18.2 Å². The second-order valence-corrected chi connectivity index (χ2v) is 5.04. The molecule has 12 heavy (non-hydrogen) atoms. The topological polar surface area (TPSA) is 0 Å². The Morgan fingerprint density at radius 2 is 1.83 bits per heavy atom. The summed E-state index contributed by atoms with van der Waals surface area (Å²) in [4.78, 5) is 0. The predicted molar refractivity (Wildman–Crippen MR) is 57.8 cm³/mol. The minimum absolute atomic E-state index is 0.101. The molecular weight excluding hydrogens is 266 g/mol. The summed E-state index contributed by atoms with van der Waals surface area (Å²) in [7, 11) is 0. The van der Waals surface area contributed by atoms with Crippen molar-refractivity contribution in [2.24, 2.45) is 0 Å². The van der Waals surface area contributed by atoms with Gasteiger partial charge in [0.15, 0.2) is 0 Å². The lowest BCUT2D eigenvalue weighted by atomic mass is 9.87. The maximum absolute atomic E-state index is 12.7. The molecule has 0 atom stereocenters. The van der Waals surface area contributed by atoms with E-state index in [0.717, 1.165) is 3.57 Å². The van der Waals surface area contributed by atoms with Gasteiger partial charge in [-0.05, 0) is 45.7 Å². The molecule has 0 heterocycles. The van der Waals surface area contributed by atoms with Gasteiger partial charge in [-0.25, -0.2) is 4.39 Å². The first-order chi connectivity index (χ1) is 5.41. The van der Waals surface area contributed by atoms with Crippen molar-refractivity contribution in [2.45, 2.75) is 26.2 Å². The molecule has 0 nitrogen and oxygen atoms in total. The minimum atomic E-state index is -0.160. The molecule has 0 bridgehead atoms. The van der Waals surface area contributed by atoms with Crippen LogP contribution in [0.25, 0.3) is 0 Å². The molecule has 0 fully saturated rings. The first kappa shape index (κ1) is 9.96. The zero-order valence-corrected chi connectivity index (χ0v) is 9.65. The zero-order chi connectivity index (χ0) is 9.35. The lowest BCUT2D eigenvalue weighted by Gasteiger charge is -2.20. The number of hydrogen-bond acceptors (Lipinski definition) is 0. The molecule has 0 aliphatic rings. The molecule has 1 aromatic rings. The van der Waals surface area contributed by atoms with Crippen LogP contribution in [0, 0.1) is 9.39 Å². The molecule has 0 aliphatic heterocycles. The Morgan fingerprint density at radius 3 is 2.25 bits per heavy atom. The van der Waals surface area contributed by atoms with Crippen LogP contribution < -0.4 is 0 Å². The second kappa shape index (κ2) is 3.32. The molecule has 0 saturated heterocycles. The number of halogens is 2. The van der Waals surface area contributed by atoms with Crippen molar-refractivity contribution >= 4 is 22.6 Å². The number of benzene rings is 1. The third kappa shape index (κ3) is 2.19. The van der Waals surface area contributed by atoms with Crippen LogP contribution in [-0.2, 0) is 5.41 Å². The SMILES string of the molecule is CC(C)(C)c1ccc(F)cc1I. The summed E-state index contributed by atoms with van der Waals surface area (Å²) in [6.07, 6.45) is 0. The van der Waals surface area contributed by atoms with Gasteiger partial charge in [0.1, 0.15) is 5.82 Å². The van der Waals surface area contributed by atoms with Crippen molar-refractivity contribution in [2.75, 3.05) is 0 Å². The van der Waals surface area contributed by atoms with Gasteiger partial charge in [-0.15, -0.1) is 0 Å². The smallest absolute Gasteiger partial charge is 0.124 e. The van der Waals surface area contributed by atoms with Gasteiger partial charge in [-0.1, -0.05) is 26.8 Å². The first-order valence-electron chi connectivity index (χ1n) is 3.87. The Kier molecular flexibility index (Phi) is 2.76. The Labute approximate surface area is 86.3 Å². The van der Waals surface area contributed by atoms with E-state index in [1.54, 1.807) is 6.07 Å². The lowest BCUT2D eigenvalue weighted by Crippen LogP contribution is -2.13. The molecule has 0 N–H and O–H groups in total. The van der Waals surface area contributed by atoms with E-state index >= 15 is 0 Å². The first-order valence-corrected chi connectivity index (χ1v) is 4.94. The lowest BCUT2D eigenvalue weighted by molar-refractivity contribution is 0.578. The van der Waals surface area contributed by atoms with E-state index in [0.29, 0.717) is 0 Å². The number of rotatable bonds is 0. The summed E-state index contributed by atoms with van der Waals surface area (Å²) >= 11 is 2.17. The molecule has 0 spiro atoms. The van der Waals surface area contributed by atoms with Gasteiger partial charge in [-0.3, -0.25) is 0 Å². The standard InChI is InChI=1S/C10H12FI/c1-10(2,3)8-5-4-7(11)6-9(8)12/h4-6H,1-3H3. The molecule has 0 aliphatic carbocycles. The van der Waals surface area contributed by atoms with Crippen LogP contribution in [0.3, 0.4) is 0 Å². The fourth-order valence-corrected chi connectivity index (χ4v) is 2.38. The monoisotopic (exact) mass is 278 g/mol. The van der Waals surface area contributed by atoms with Gasteiger partial charge in [-0.2, -0.15) is 0 Å². The van der Waals surface area contributed by atoms with E-state index in [1.165, 1.54) is 11.6 Å². The molecule has 66 valence electrons. The molecule has 2 heteroatoms. The van der Waals surface area contributed by atoms with Crippen LogP contribution >= 0.6 is 22.6 Å². The van der Waals surface area contributed by atoms with Gasteiger partial charge in [0.05, 0.1) is 0 Å². The van der Waals surface area contributed by atoms with Crippen LogP contribution in [0.5, 0.6) is 0 Å². The molecule has 0 amide bonds. The fourth-order valence-electron chi connectivity index (χ4n) is 1.10. The van der Waals surface area contributed by atoms with E-state index in [2.05, 4.69) is 43.4 Å². The van der Waals surface area contributed by atoms with E-state index < -0.39 is 0 Å². The molecule has 0 radical (unpaired) electrons. The third-order valence-corrected chi connectivity index (χ3v) is 2.63. The van der Waals surface area contributed by atoms with Crippen LogP contribution in [-0.4, -0.2) is 0 Å². The molecule has 0 unspecified atom stereocenters. The number of hydrogen-bond donors (Lipinski definition) is 0. The highest BCUT2D eigenvalue weighted by molar-refractivity contribution is 14.1. The summed E-state index contributed by atoms with van der Waals surface area (Å²) in [5.41, 5.74) is 1.30. The van der Waals surface area contributed by atoms with Gasteiger partial charge in [0.2, 0.25) is 0 Å². The Morgan fingerprint density at radius 1 is 1.25 bits per heavy atom. The molecule has 1 aromatic carbocycles. The average Bonchev–Trinajstić information content (AvgIpc) is 1.83. The Hall–Kier alpha value is -0.120. The van der Waals surface area contributed by atoms with E-state index in [9.17, 15) is 4.39 Å². The highest BCUT2D eigenvalue weighted by Gasteiger charge is 2.16. The maximum Gasteiger partial charge on any atom is 0.124 e. The average molecular weight is 278 g/mol. The van der Waals surface area contributed by atoms with E-state index in [-0.39, 0.29) is 11.2 Å². The highest BCUT2D eigenvalue weighted by Crippen LogP contribution is 2.27. The van der Waals surface area contributed by atoms with Gasteiger partial charge in [0.25, 0.3) is 0 Å². The predicted octanol–water partition coefficient (Wildman–Crippen LogP) is 3.73. The summed E-state index contributed by atoms with van der Waals surface area (Å²) in [6, 6.07) is 4.95. The fraction of sp³-hybridized carbons (Fsp3) is 0.400. The molecular formula is C10H12FI. The third-order valence-electron chi connectivity index (χ3n) is 1.74. The van der Waals surface area contributed by atoms with Crippen molar-refractivity contribution in [3.63, 3.8) is 0 Å². The normalized spacial score (nSPS) is 11.8. The van der Waals surface area contributed by atoms with Crippen molar-refractivity contribution in [3.8, 4) is 0 Å². The van der Waals surface area contributed by atoms with Crippen LogP contribution in [0.4, 0.5) is 4.39 Å². The summed E-state index contributed by atoms with van der Waals surface area (Å²) in [5, 5.41) is 0. The van der Waals surface area contributed by atoms with E-state index in [1.807, 2.05) is 6.07 Å². The van der Waals surface area contributed by atoms with Gasteiger partial charge in [0, 0.05) is 3.57 Å². The van der Waals surface area contributed by atoms with Crippen molar-refractivity contribution in [1.82, 2.24) is 0 Å². The van der Waals surface area contributed by atoms with Crippen molar-refractivity contribution < 1.29 is 4.39 Å². The van der Waals surface area contributed by atoms with E-state index in [4.69, 9.17) is 0 Å². The molecule has 0 saturated carbocycles. The quantitative estimate of drug-likeness (QED) is 0.634. The summed E-state index contributed by atoms with van der Waals surface area (Å²) in [6.45, 7) is 6.38. The van der Waals surface area contributed by atoms with Crippen molar-refractivity contribution in [1.29, 1.82) is 0 Å². The summed E-state index contributed by atoms with van der Waals surface area (Å²) < 4.78 is 13.7. The molecule has 0 aromatic heterocycles. The zero-order valence-electron chi connectivity index (χ0n) is 7.49. The second-order valence-electron chi connectivity index (χ2n) is 3.87. The Balaban J connectivity index is 3.19. The minimum Gasteiger partial charge on any atom is -0.207 e. The van der Waals surface area contributed by atoms with Crippen molar-refractivity contribution in [3.05, 3.63) is 33.1 Å².